The maximum Gasteiger partial charge on any atom is 0.240 e. The van der Waals surface area contributed by atoms with Gasteiger partial charge in [-0.2, -0.15) is 0 Å². The van der Waals surface area contributed by atoms with Crippen molar-refractivity contribution in [2.45, 2.75) is 49.5 Å². The largest absolute Gasteiger partial charge is 0.392 e. The van der Waals surface area contributed by atoms with Gasteiger partial charge in [-0.1, -0.05) is 97.1 Å². The first kappa shape index (κ1) is 31.6. The summed E-state index contributed by atoms with van der Waals surface area (Å²) in [5.74, 6) is 0. The van der Waals surface area contributed by atoms with Crippen molar-refractivity contribution in [2.75, 3.05) is 32.7 Å². The Labute approximate surface area is 266 Å². The van der Waals surface area contributed by atoms with E-state index in [-0.39, 0.29) is 30.3 Å². The maximum absolute atomic E-state index is 12.7. The van der Waals surface area contributed by atoms with E-state index in [2.05, 4.69) is 44.9 Å². The SMILES string of the molecule is O=S(=O)(NCc1ccc(C2OC(CN3CCN(Cc4ccccc4)CC3)CC(c3ccc(CO)cc3)O2)cc1)c1ccccc1. The summed E-state index contributed by atoms with van der Waals surface area (Å²) in [6, 6.07) is 34.7. The minimum atomic E-state index is -3.60. The highest BCUT2D eigenvalue weighted by Crippen LogP contribution is 2.38. The molecule has 2 heterocycles. The molecule has 6 rings (SSSR count). The summed E-state index contributed by atoms with van der Waals surface area (Å²) in [5.41, 5.74) is 5.00. The zero-order valence-corrected chi connectivity index (χ0v) is 26.2. The molecule has 2 aliphatic rings. The second-order valence-electron chi connectivity index (χ2n) is 11.8. The van der Waals surface area contributed by atoms with E-state index in [0.717, 1.165) is 67.9 Å². The topological polar surface area (TPSA) is 91.3 Å². The molecule has 0 bridgehead atoms. The van der Waals surface area contributed by atoms with Gasteiger partial charge in [-0.3, -0.25) is 9.80 Å². The molecule has 0 spiro atoms. The summed E-state index contributed by atoms with van der Waals surface area (Å²) >= 11 is 0. The summed E-state index contributed by atoms with van der Waals surface area (Å²) in [6.07, 6.45) is 0.00154. The van der Waals surface area contributed by atoms with E-state index in [1.165, 1.54) is 5.56 Å². The number of aliphatic hydroxyl groups is 1. The van der Waals surface area contributed by atoms with Gasteiger partial charge in [0.1, 0.15) is 0 Å². The van der Waals surface area contributed by atoms with Crippen molar-refractivity contribution in [3.8, 4) is 0 Å². The average Bonchev–Trinajstić information content (AvgIpc) is 3.09. The van der Waals surface area contributed by atoms with E-state index in [0.29, 0.717) is 0 Å². The summed E-state index contributed by atoms with van der Waals surface area (Å²) < 4.78 is 41.1. The fraction of sp³-hybridized carbons (Fsp3) is 0.333. The molecule has 0 aliphatic carbocycles. The van der Waals surface area contributed by atoms with Crippen LogP contribution in [0.2, 0.25) is 0 Å². The van der Waals surface area contributed by atoms with E-state index in [4.69, 9.17) is 9.47 Å². The third kappa shape index (κ3) is 8.45. The Morgan fingerprint density at radius 2 is 1.29 bits per heavy atom. The monoisotopic (exact) mass is 627 g/mol. The lowest BCUT2D eigenvalue weighted by molar-refractivity contribution is -0.253. The average molecular weight is 628 g/mol. The molecule has 0 amide bonds. The Balaban J connectivity index is 1.10. The number of rotatable bonds is 11. The van der Waals surface area contributed by atoms with Crippen LogP contribution in [0.25, 0.3) is 0 Å². The summed E-state index contributed by atoms with van der Waals surface area (Å²) in [6.45, 7) is 5.99. The third-order valence-corrected chi connectivity index (χ3v) is 9.98. The molecule has 45 heavy (non-hydrogen) atoms. The van der Waals surface area contributed by atoms with E-state index in [9.17, 15) is 13.5 Å². The summed E-state index contributed by atoms with van der Waals surface area (Å²) in [7, 11) is -3.60. The van der Waals surface area contributed by atoms with Crippen LogP contribution in [0.1, 0.15) is 46.6 Å². The molecule has 4 aromatic rings. The van der Waals surface area contributed by atoms with Gasteiger partial charge >= 0.3 is 0 Å². The van der Waals surface area contributed by atoms with Gasteiger partial charge < -0.3 is 14.6 Å². The molecule has 236 valence electrons. The van der Waals surface area contributed by atoms with Gasteiger partial charge in [-0.05, 0) is 34.4 Å². The first-order chi connectivity index (χ1) is 21.9. The lowest BCUT2D eigenvalue weighted by atomic mass is 9.99. The quantitative estimate of drug-likeness (QED) is 0.241. The lowest BCUT2D eigenvalue weighted by Gasteiger charge is -2.40. The molecule has 0 saturated carbocycles. The second-order valence-corrected chi connectivity index (χ2v) is 13.6. The van der Waals surface area contributed by atoms with Gasteiger partial charge in [0.15, 0.2) is 6.29 Å². The van der Waals surface area contributed by atoms with Gasteiger partial charge in [0, 0.05) is 57.8 Å². The predicted octanol–water partition coefficient (Wildman–Crippen LogP) is 5.02. The van der Waals surface area contributed by atoms with E-state index in [1.807, 2.05) is 48.5 Å². The minimum absolute atomic E-state index is 0.00424. The third-order valence-electron chi connectivity index (χ3n) is 8.56. The Hall–Kier alpha value is -3.41. The summed E-state index contributed by atoms with van der Waals surface area (Å²) in [5, 5.41) is 9.52. The molecule has 2 N–H and O–H groups in total. The Morgan fingerprint density at radius 3 is 1.96 bits per heavy atom. The van der Waals surface area contributed by atoms with Gasteiger partial charge in [-0.15, -0.1) is 0 Å². The summed E-state index contributed by atoms with van der Waals surface area (Å²) in [4.78, 5) is 5.24. The highest BCUT2D eigenvalue weighted by Gasteiger charge is 2.33. The normalized spacial score (nSPS) is 21.5. The number of sulfonamides is 1. The minimum Gasteiger partial charge on any atom is -0.392 e. The fourth-order valence-corrected chi connectivity index (χ4v) is 6.99. The smallest absolute Gasteiger partial charge is 0.240 e. The molecule has 0 radical (unpaired) electrons. The first-order valence-electron chi connectivity index (χ1n) is 15.6. The lowest BCUT2D eigenvalue weighted by Crippen LogP contribution is -2.49. The molecule has 3 unspecified atom stereocenters. The van der Waals surface area contributed by atoms with E-state index in [1.54, 1.807) is 30.3 Å². The van der Waals surface area contributed by atoms with Crippen LogP contribution in [0.3, 0.4) is 0 Å². The van der Waals surface area contributed by atoms with Crippen LogP contribution in [0.5, 0.6) is 0 Å². The molecule has 9 heteroatoms. The van der Waals surface area contributed by atoms with E-state index < -0.39 is 16.3 Å². The molecule has 3 atom stereocenters. The van der Waals surface area contributed by atoms with Crippen LogP contribution in [-0.4, -0.2) is 62.2 Å². The second kappa shape index (κ2) is 14.8. The molecule has 8 nitrogen and oxygen atoms in total. The van der Waals surface area contributed by atoms with Gasteiger partial charge in [-0.25, -0.2) is 13.1 Å². The van der Waals surface area contributed by atoms with Crippen molar-refractivity contribution >= 4 is 10.0 Å². The number of piperazine rings is 1. The number of nitrogens with zero attached hydrogens (tertiary/aromatic N) is 2. The molecule has 0 aromatic heterocycles. The highest BCUT2D eigenvalue weighted by atomic mass is 32.2. The molecular formula is C36H41N3O5S. The Bertz CT molecular complexity index is 1590. The van der Waals surface area contributed by atoms with Crippen molar-refractivity contribution in [3.63, 3.8) is 0 Å². The Morgan fingerprint density at radius 1 is 0.689 bits per heavy atom. The van der Waals surface area contributed by atoms with Gasteiger partial charge in [0.25, 0.3) is 0 Å². The van der Waals surface area contributed by atoms with Crippen molar-refractivity contribution < 1.29 is 23.0 Å². The van der Waals surface area contributed by atoms with Crippen molar-refractivity contribution in [1.82, 2.24) is 14.5 Å². The number of hydrogen-bond donors (Lipinski definition) is 2. The number of hydrogen-bond acceptors (Lipinski definition) is 7. The molecule has 2 aliphatic heterocycles. The van der Waals surface area contributed by atoms with Crippen molar-refractivity contribution in [1.29, 1.82) is 0 Å². The molecule has 2 fully saturated rings. The highest BCUT2D eigenvalue weighted by molar-refractivity contribution is 7.89. The number of aliphatic hydroxyl groups excluding tert-OH is 1. The van der Waals surface area contributed by atoms with Gasteiger partial charge in [0.2, 0.25) is 10.0 Å². The number of nitrogens with one attached hydrogen (secondary N) is 1. The zero-order chi connectivity index (χ0) is 31.1. The van der Waals surface area contributed by atoms with Crippen LogP contribution >= 0.6 is 0 Å². The van der Waals surface area contributed by atoms with E-state index >= 15 is 0 Å². The number of ether oxygens (including phenoxy) is 2. The molecular weight excluding hydrogens is 586 g/mol. The van der Waals surface area contributed by atoms with Crippen molar-refractivity contribution in [3.05, 3.63) is 137 Å². The van der Waals surface area contributed by atoms with Gasteiger partial charge in [0.05, 0.1) is 23.7 Å². The zero-order valence-electron chi connectivity index (χ0n) is 25.4. The standard InChI is InChI=1S/C36H41N3O5S/c40-27-30-13-15-31(16-14-30)35-23-33(26-39-21-19-38(20-22-39)25-29-7-3-1-4-8-29)43-36(44-35)32-17-11-28(12-18-32)24-37-45(41,42)34-9-5-2-6-10-34/h1-18,33,35-37,40H,19-27H2. The van der Waals surface area contributed by atoms with Crippen LogP contribution in [0.4, 0.5) is 0 Å². The number of benzene rings is 4. The molecule has 2 saturated heterocycles. The van der Waals surface area contributed by atoms with Crippen LogP contribution in [0, 0.1) is 0 Å². The van der Waals surface area contributed by atoms with Crippen LogP contribution in [-0.2, 0) is 39.2 Å². The van der Waals surface area contributed by atoms with Crippen LogP contribution in [0.15, 0.2) is 114 Å². The van der Waals surface area contributed by atoms with Crippen LogP contribution < -0.4 is 4.72 Å². The maximum atomic E-state index is 12.7. The van der Waals surface area contributed by atoms with Crippen molar-refractivity contribution in [2.24, 2.45) is 0 Å². The Kier molecular flexibility index (Phi) is 10.4. The first-order valence-corrected chi connectivity index (χ1v) is 17.1. The predicted molar refractivity (Wildman–Crippen MR) is 173 cm³/mol. The molecule has 4 aromatic carbocycles. The fourth-order valence-electron chi connectivity index (χ4n) is 5.95.